The molecule has 0 saturated heterocycles. The molecule has 2 N–H and O–H groups in total. The van der Waals surface area contributed by atoms with Crippen molar-refractivity contribution in [3.8, 4) is 5.75 Å². The SMILES string of the molecule is COc1ccc(S(=O)(=O)Nc2ccc3cc[nH]c3c2)cc1. The summed E-state index contributed by atoms with van der Waals surface area (Å²) in [5.74, 6) is 0.613. The van der Waals surface area contributed by atoms with E-state index in [1.54, 1.807) is 24.3 Å². The van der Waals surface area contributed by atoms with E-state index in [4.69, 9.17) is 4.74 Å². The monoisotopic (exact) mass is 302 g/mol. The smallest absolute Gasteiger partial charge is 0.261 e. The van der Waals surface area contributed by atoms with Crippen molar-refractivity contribution in [2.75, 3.05) is 11.8 Å². The standard InChI is InChI=1S/C15H14N2O3S/c1-20-13-4-6-14(7-5-13)21(18,19)17-12-3-2-11-8-9-16-15(11)10-12/h2-10,16-17H,1H3. The second-order valence-electron chi connectivity index (χ2n) is 4.56. The number of nitrogens with one attached hydrogen (secondary N) is 2. The van der Waals surface area contributed by atoms with Gasteiger partial charge in [0.25, 0.3) is 10.0 Å². The Hall–Kier alpha value is -2.47. The van der Waals surface area contributed by atoms with Crippen molar-refractivity contribution in [2.24, 2.45) is 0 Å². The first-order valence-corrected chi connectivity index (χ1v) is 7.81. The predicted molar refractivity (Wildman–Crippen MR) is 82.1 cm³/mol. The molecule has 3 aromatic rings. The summed E-state index contributed by atoms with van der Waals surface area (Å²) in [5.41, 5.74) is 1.39. The summed E-state index contributed by atoms with van der Waals surface area (Å²) in [5, 5.41) is 1.03. The van der Waals surface area contributed by atoms with Crippen LogP contribution in [0.4, 0.5) is 5.69 Å². The second-order valence-corrected chi connectivity index (χ2v) is 6.24. The molecule has 1 heterocycles. The first-order valence-electron chi connectivity index (χ1n) is 6.32. The van der Waals surface area contributed by atoms with Crippen LogP contribution in [-0.2, 0) is 10.0 Å². The summed E-state index contributed by atoms with van der Waals surface area (Å²) in [7, 11) is -2.07. The van der Waals surface area contributed by atoms with Crippen molar-refractivity contribution in [3.63, 3.8) is 0 Å². The van der Waals surface area contributed by atoms with Crippen LogP contribution >= 0.6 is 0 Å². The van der Waals surface area contributed by atoms with Gasteiger partial charge >= 0.3 is 0 Å². The summed E-state index contributed by atoms with van der Waals surface area (Å²) in [6.45, 7) is 0. The Balaban J connectivity index is 1.90. The van der Waals surface area contributed by atoms with Crippen LogP contribution in [-0.4, -0.2) is 20.5 Å². The zero-order valence-electron chi connectivity index (χ0n) is 11.3. The van der Waals surface area contributed by atoms with Gasteiger partial charge in [-0.3, -0.25) is 4.72 Å². The van der Waals surface area contributed by atoms with E-state index in [9.17, 15) is 8.42 Å². The first kappa shape index (κ1) is 13.5. The van der Waals surface area contributed by atoms with Gasteiger partial charge in [-0.1, -0.05) is 6.07 Å². The van der Waals surface area contributed by atoms with Gasteiger partial charge in [-0.2, -0.15) is 0 Å². The first-order chi connectivity index (χ1) is 10.1. The highest BCUT2D eigenvalue weighted by atomic mass is 32.2. The van der Waals surface area contributed by atoms with Crippen LogP contribution < -0.4 is 9.46 Å². The topological polar surface area (TPSA) is 71.2 Å². The molecule has 0 amide bonds. The van der Waals surface area contributed by atoms with Gasteiger partial charge in [-0.15, -0.1) is 0 Å². The van der Waals surface area contributed by atoms with Crippen molar-refractivity contribution in [2.45, 2.75) is 4.90 Å². The lowest BCUT2D eigenvalue weighted by Crippen LogP contribution is -2.12. The number of aromatic amines is 1. The Morgan fingerprint density at radius 2 is 1.81 bits per heavy atom. The number of sulfonamides is 1. The molecule has 3 rings (SSSR count). The normalized spacial score (nSPS) is 11.5. The van der Waals surface area contributed by atoms with Crippen molar-refractivity contribution >= 4 is 26.6 Å². The van der Waals surface area contributed by atoms with Crippen molar-refractivity contribution < 1.29 is 13.2 Å². The number of H-pyrrole nitrogens is 1. The molecule has 6 heteroatoms. The Labute approximate surface area is 122 Å². The second kappa shape index (κ2) is 5.14. The van der Waals surface area contributed by atoms with Gasteiger partial charge in [0.2, 0.25) is 0 Å². The zero-order valence-corrected chi connectivity index (χ0v) is 12.1. The average Bonchev–Trinajstić information content (AvgIpc) is 2.94. The zero-order chi connectivity index (χ0) is 14.9. The van der Waals surface area contributed by atoms with E-state index in [1.807, 2.05) is 18.3 Å². The molecule has 0 radical (unpaired) electrons. The van der Waals surface area contributed by atoms with Gasteiger partial charge in [0.15, 0.2) is 0 Å². The van der Waals surface area contributed by atoms with E-state index in [-0.39, 0.29) is 4.90 Å². The molecule has 0 unspecified atom stereocenters. The van der Waals surface area contributed by atoms with E-state index >= 15 is 0 Å². The molecule has 5 nitrogen and oxygen atoms in total. The molecule has 21 heavy (non-hydrogen) atoms. The number of hydrogen-bond donors (Lipinski definition) is 2. The molecular weight excluding hydrogens is 288 g/mol. The Bertz CT molecular complexity index is 867. The van der Waals surface area contributed by atoms with E-state index < -0.39 is 10.0 Å². The van der Waals surface area contributed by atoms with E-state index in [0.717, 1.165) is 10.9 Å². The summed E-state index contributed by atoms with van der Waals surface area (Å²) < 4.78 is 32.2. The van der Waals surface area contributed by atoms with Crippen molar-refractivity contribution in [1.82, 2.24) is 4.98 Å². The van der Waals surface area contributed by atoms with Crippen LogP contribution in [0, 0.1) is 0 Å². The van der Waals surface area contributed by atoms with Crippen LogP contribution in [0.2, 0.25) is 0 Å². The highest BCUT2D eigenvalue weighted by Gasteiger charge is 2.14. The number of ether oxygens (including phenoxy) is 1. The van der Waals surface area contributed by atoms with Gasteiger partial charge in [-0.25, -0.2) is 8.42 Å². The van der Waals surface area contributed by atoms with Crippen LogP contribution in [0.3, 0.4) is 0 Å². The fourth-order valence-corrected chi connectivity index (χ4v) is 3.13. The van der Waals surface area contributed by atoms with Gasteiger partial charge in [0.1, 0.15) is 5.75 Å². The van der Waals surface area contributed by atoms with Gasteiger partial charge in [0.05, 0.1) is 17.7 Å². The Morgan fingerprint density at radius 1 is 1.05 bits per heavy atom. The number of benzene rings is 2. The maximum absolute atomic E-state index is 12.3. The number of anilines is 1. The quantitative estimate of drug-likeness (QED) is 0.778. The molecule has 108 valence electrons. The maximum atomic E-state index is 12.3. The molecule has 0 saturated carbocycles. The lowest BCUT2D eigenvalue weighted by atomic mass is 10.2. The minimum atomic E-state index is -3.61. The number of rotatable bonds is 4. The van der Waals surface area contributed by atoms with Gasteiger partial charge in [0, 0.05) is 11.7 Å². The van der Waals surface area contributed by atoms with Crippen LogP contribution in [0.5, 0.6) is 5.75 Å². The average molecular weight is 302 g/mol. The number of aromatic nitrogens is 1. The molecule has 0 aliphatic carbocycles. The van der Waals surface area contributed by atoms with Crippen molar-refractivity contribution in [1.29, 1.82) is 0 Å². The number of fused-ring (bicyclic) bond motifs is 1. The Morgan fingerprint density at radius 3 is 2.52 bits per heavy atom. The summed E-state index contributed by atoms with van der Waals surface area (Å²) in [6, 6.07) is 13.5. The molecule has 1 aromatic heterocycles. The van der Waals surface area contributed by atoms with E-state index in [0.29, 0.717) is 11.4 Å². The number of hydrogen-bond acceptors (Lipinski definition) is 3. The molecule has 0 aliphatic rings. The minimum Gasteiger partial charge on any atom is -0.497 e. The molecule has 2 aromatic carbocycles. The highest BCUT2D eigenvalue weighted by molar-refractivity contribution is 7.92. The Kier molecular flexibility index (Phi) is 3.31. The van der Waals surface area contributed by atoms with Crippen LogP contribution in [0.1, 0.15) is 0 Å². The van der Waals surface area contributed by atoms with Crippen LogP contribution in [0.15, 0.2) is 59.6 Å². The fraction of sp³-hybridized carbons (Fsp3) is 0.0667. The molecule has 0 atom stereocenters. The highest BCUT2D eigenvalue weighted by Crippen LogP contribution is 2.22. The van der Waals surface area contributed by atoms with E-state index in [1.165, 1.54) is 19.2 Å². The third-order valence-corrected chi connectivity index (χ3v) is 4.57. The molecule has 0 fully saturated rings. The lowest BCUT2D eigenvalue weighted by molar-refractivity contribution is 0.414. The minimum absolute atomic E-state index is 0.190. The van der Waals surface area contributed by atoms with Crippen molar-refractivity contribution in [3.05, 3.63) is 54.7 Å². The largest absolute Gasteiger partial charge is 0.497 e. The lowest BCUT2D eigenvalue weighted by Gasteiger charge is -2.09. The fourth-order valence-electron chi connectivity index (χ4n) is 2.08. The van der Waals surface area contributed by atoms with E-state index in [2.05, 4.69) is 9.71 Å². The third-order valence-electron chi connectivity index (χ3n) is 3.18. The van der Waals surface area contributed by atoms with Crippen LogP contribution in [0.25, 0.3) is 10.9 Å². The molecule has 0 spiro atoms. The third kappa shape index (κ3) is 2.71. The maximum Gasteiger partial charge on any atom is 0.261 e. The van der Waals surface area contributed by atoms with Gasteiger partial charge in [-0.05, 0) is 47.9 Å². The summed E-state index contributed by atoms with van der Waals surface area (Å²) in [4.78, 5) is 3.24. The number of methoxy groups -OCH3 is 1. The molecule has 0 aliphatic heterocycles. The van der Waals surface area contributed by atoms with Gasteiger partial charge < -0.3 is 9.72 Å². The molecule has 0 bridgehead atoms. The summed E-state index contributed by atoms with van der Waals surface area (Å²) >= 11 is 0. The predicted octanol–water partition coefficient (Wildman–Crippen LogP) is 2.98. The molecular formula is C15H14N2O3S. The summed E-state index contributed by atoms with van der Waals surface area (Å²) in [6.07, 6.45) is 1.81.